The number of halogens is 2. The highest BCUT2D eigenvalue weighted by atomic mass is 35.5. The van der Waals surface area contributed by atoms with Gasteiger partial charge in [-0.25, -0.2) is 9.37 Å². The molecule has 0 aliphatic carbocycles. The van der Waals surface area contributed by atoms with Crippen LogP contribution in [0.2, 0.25) is 5.02 Å². The molecule has 3 aromatic heterocycles. The summed E-state index contributed by atoms with van der Waals surface area (Å²) in [5.74, 6) is -1.10. The Balaban J connectivity index is 1.44. The molecule has 0 bridgehead atoms. The summed E-state index contributed by atoms with van der Waals surface area (Å²) >= 11 is 7.19. The van der Waals surface area contributed by atoms with Gasteiger partial charge < -0.3 is 14.6 Å². The van der Waals surface area contributed by atoms with Crippen molar-refractivity contribution in [2.45, 2.75) is 20.0 Å². The normalized spacial score (nSPS) is 14.2. The number of aryl methyl sites for hydroxylation is 1. The minimum Gasteiger partial charge on any atom is -0.379 e. The number of carbonyl (C=O) groups excluding carboxylic acids is 1. The van der Waals surface area contributed by atoms with E-state index in [9.17, 15) is 18.8 Å². The van der Waals surface area contributed by atoms with Gasteiger partial charge in [0.25, 0.3) is 11.1 Å². The zero-order valence-corrected chi connectivity index (χ0v) is 23.7. The number of hydrogen-bond donors (Lipinski definition) is 1. The number of aromatic nitrogens is 4. The molecule has 1 aliphatic rings. The lowest BCUT2D eigenvalue weighted by atomic mass is 10.2. The van der Waals surface area contributed by atoms with E-state index in [4.69, 9.17) is 16.3 Å². The van der Waals surface area contributed by atoms with Gasteiger partial charge in [-0.3, -0.25) is 24.0 Å². The van der Waals surface area contributed by atoms with Crippen LogP contribution in [0.4, 0.5) is 10.1 Å². The average Bonchev–Trinajstić information content (AvgIpc) is 3.49. The molecule has 5 aromatic rings. The van der Waals surface area contributed by atoms with Crippen molar-refractivity contribution in [1.82, 2.24) is 23.8 Å². The van der Waals surface area contributed by atoms with E-state index in [1.165, 1.54) is 38.9 Å². The van der Waals surface area contributed by atoms with Crippen molar-refractivity contribution in [2.75, 3.05) is 38.2 Å². The second kappa shape index (κ2) is 11.2. The molecule has 4 heterocycles. The molecular weight excluding hydrogens is 571 g/mol. The Hall–Kier alpha value is -3.84. The van der Waals surface area contributed by atoms with Gasteiger partial charge >= 0.3 is 0 Å². The van der Waals surface area contributed by atoms with Crippen LogP contribution in [0.1, 0.15) is 5.69 Å². The van der Waals surface area contributed by atoms with Crippen molar-refractivity contribution in [3.05, 3.63) is 85.8 Å². The van der Waals surface area contributed by atoms with Gasteiger partial charge in [0.15, 0.2) is 0 Å². The van der Waals surface area contributed by atoms with Crippen LogP contribution in [0.15, 0.2) is 58.1 Å². The lowest BCUT2D eigenvalue weighted by Crippen LogP contribution is -2.39. The fourth-order valence-electron chi connectivity index (χ4n) is 5.09. The highest BCUT2D eigenvalue weighted by molar-refractivity contribution is 7.20. The minimum absolute atomic E-state index is 0.131. The van der Waals surface area contributed by atoms with E-state index < -0.39 is 11.7 Å². The zero-order valence-electron chi connectivity index (χ0n) is 22.1. The Morgan fingerprint density at radius 1 is 1.12 bits per heavy atom. The summed E-state index contributed by atoms with van der Waals surface area (Å²) in [7, 11) is 0. The number of nitrogens with zero attached hydrogens (tertiary/aromatic N) is 5. The van der Waals surface area contributed by atoms with Gasteiger partial charge in [-0.15, -0.1) is 0 Å². The van der Waals surface area contributed by atoms with Gasteiger partial charge in [0.05, 0.1) is 39.4 Å². The molecule has 10 nitrogen and oxygen atoms in total. The number of carbonyl (C=O) groups is 1. The Morgan fingerprint density at radius 3 is 2.66 bits per heavy atom. The first-order valence-electron chi connectivity index (χ1n) is 13.1. The van der Waals surface area contributed by atoms with Gasteiger partial charge in [-0.05, 0) is 37.3 Å². The van der Waals surface area contributed by atoms with Gasteiger partial charge in [0, 0.05) is 43.6 Å². The molecule has 0 atom stereocenters. The third-order valence-corrected chi connectivity index (χ3v) is 8.48. The maximum atomic E-state index is 14.0. The largest absolute Gasteiger partial charge is 0.379 e. The maximum Gasteiger partial charge on any atom is 0.283 e. The van der Waals surface area contributed by atoms with Crippen molar-refractivity contribution < 1.29 is 13.9 Å². The van der Waals surface area contributed by atoms with Crippen LogP contribution in [-0.4, -0.2) is 62.6 Å². The maximum absolute atomic E-state index is 14.0. The van der Waals surface area contributed by atoms with E-state index in [-0.39, 0.29) is 22.7 Å². The summed E-state index contributed by atoms with van der Waals surface area (Å²) in [5.41, 5.74) is 1.20. The molecule has 13 heteroatoms. The Morgan fingerprint density at radius 2 is 1.90 bits per heavy atom. The first-order chi connectivity index (χ1) is 19.8. The fraction of sp³-hybridized carbons (Fsp3) is 0.286. The summed E-state index contributed by atoms with van der Waals surface area (Å²) in [5, 5.41) is 3.27. The Labute approximate surface area is 242 Å². The predicted octanol–water partition coefficient (Wildman–Crippen LogP) is 3.64. The Bertz CT molecular complexity index is 1870. The molecular formula is C28H26ClFN6O4S. The van der Waals surface area contributed by atoms with Crippen LogP contribution >= 0.6 is 22.9 Å². The second-order valence-electron chi connectivity index (χ2n) is 9.75. The van der Waals surface area contributed by atoms with Gasteiger partial charge in [-0.2, -0.15) is 4.68 Å². The molecule has 1 aliphatic heterocycles. The number of para-hydroxylation sites is 1. The van der Waals surface area contributed by atoms with E-state index in [0.29, 0.717) is 59.2 Å². The molecule has 1 amide bonds. The number of morpholine rings is 1. The van der Waals surface area contributed by atoms with E-state index >= 15 is 0 Å². The molecule has 0 unspecified atom stereocenters. The summed E-state index contributed by atoms with van der Waals surface area (Å²) < 4.78 is 24.3. The van der Waals surface area contributed by atoms with Crippen LogP contribution in [0.25, 0.3) is 26.3 Å². The van der Waals surface area contributed by atoms with E-state index in [2.05, 4.69) is 15.2 Å². The number of thiazole rings is 1. The van der Waals surface area contributed by atoms with Gasteiger partial charge in [0.2, 0.25) is 11.0 Å². The zero-order chi connectivity index (χ0) is 28.7. The highest BCUT2D eigenvalue weighted by Gasteiger charge is 2.24. The fourth-order valence-corrected chi connectivity index (χ4v) is 6.25. The third-order valence-electron chi connectivity index (χ3n) is 7.18. The predicted molar refractivity (Wildman–Crippen MR) is 157 cm³/mol. The molecule has 0 saturated carbocycles. The van der Waals surface area contributed by atoms with E-state index in [0.717, 1.165) is 23.9 Å². The molecule has 6 rings (SSSR count). The van der Waals surface area contributed by atoms with Crippen LogP contribution in [0.3, 0.4) is 0 Å². The number of hydrogen-bond acceptors (Lipinski definition) is 7. The molecule has 1 saturated heterocycles. The summed E-state index contributed by atoms with van der Waals surface area (Å²) in [6.07, 6.45) is 0. The number of pyridine rings is 1. The van der Waals surface area contributed by atoms with Crippen molar-refractivity contribution in [2.24, 2.45) is 0 Å². The number of rotatable bonds is 7. The van der Waals surface area contributed by atoms with Crippen molar-refractivity contribution in [3.63, 3.8) is 0 Å². The molecule has 0 spiro atoms. The smallest absolute Gasteiger partial charge is 0.283 e. The number of fused-ring (bicyclic) bond motifs is 2. The molecule has 2 aromatic carbocycles. The number of ether oxygens (including phenoxy) is 1. The number of nitrogens with one attached hydrogen (secondary N) is 1. The molecule has 0 radical (unpaired) electrons. The monoisotopic (exact) mass is 596 g/mol. The number of benzene rings is 2. The summed E-state index contributed by atoms with van der Waals surface area (Å²) in [6, 6.07) is 12.7. The van der Waals surface area contributed by atoms with Crippen LogP contribution in [0.5, 0.6) is 0 Å². The lowest BCUT2D eigenvalue weighted by Gasteiger charge is -2.27. The van der Waals surface area contributed by atoms with Crippen LogP contribution in [-0.2, 0) is 22.6 Å². The third kappa shape index (κ3) is 5.31. The molecule has 1 fully saturated rings. The lowest BCUT2D eigenvalue weighted by molar-refractivity contribution is -0.116. The SMILES string of the molecule is Cc1c2c(=O)n(-c3nc4ccccc4s3)n(CC(=O)Nc3ccc(F)c(Cl)c3)c2cc(=O)n1CCN1CCOCC1. The quantitative estimate of drug-likeness (QED) is 0.308. The van der Waals surface area contributed by atoms with Gasteiger partial charge in [0.1, 0.15) is 12.4 Å². The first-order valence-corrected chi connectivity index (χ1v) is 14.3. The van der Waals surface area contributed by atoms with Crippen molar-refractivity contribution in [3.8, 4) is 5.13 Å². The first kappa shape index (κ1) is 27.3. The summed E-state index contributed by atoms with van der Waals surface area (Å²) in [6.45, 7) is 5.36. The minimum atomic E-state index is -0.605. The van der Waals surface area contributed by atoms with Crippen molar-refractivity contribution >= 4 is 55.7 Å². The highest BCUT2D eigenvalue weighted by Crippen LogP contribution is 2.26. The standard InChI is InChI=1S/C28H26ClFN6O4S/c1-17-26-22(15-25(38)34(17)9-8-33-10-12-40-13-11-33)35(16-24(37)31-18-6-7-20(30)19(29)14-18)36(27(26)39)28-32-21-4-2-3-5-23(21)41-28/h2-7,14-15H,8-13,16H2,1H3,(H,31,37). The van der Waals surface area contributed by atoms with E-state index in [1.807, 2.05) is 24.3 Å². The van der Waals surface area contributed by atoms with Gasteiger partial charge in [-0.1, -0.05) is 35.1 Å². The van der Waals surface area contributed by atoms with Crippen LogP contribution < -0.4 is 16.4 Å². The van der Waals surface area contributed by atoms with Crippen LogP contribution in [0, 0.1) is 12.7 Å². The summed E-state index contributed by atoms with van der Waals surface area (Å²) in [4.78, 5) is 47.4. The molecule has 212 valence electrons. The molecule has 41 heavy (non-hydrogen) atoms. The van der Waals surface area contributed by atoms with E-state index in [1.54, 1.807) is 11.5 Å². The second-order valence-corrected chi connectivity index (χ2v) is 11.2. The topological polar surface area (TPSA) is 103 Å². The van der Waals surface area contributed by atoms with Crippen molar-refractivity contribution in [1.29, 1.82) is 0 Å². The average molecular weight is 597 g/mol. The Kier molecular flexibility index (Phi) is 7.47. The molecule has 1 N–H and O–H groups in total. The number of amides is 1. The number of anilines is 1.